The third-order valence-corrected chi connectivity index (χ3v) is 6.06. The first-order valence-electron chi connectivity index (χ1n) is 10.6. The van der Waals surface area contributed by atoms with Crippen LogP contribution >= 0.6 is 11.3 Å². The number of nitrogens with zero attached hydrogens (tertiary/aromatic N) is 2. The van der Waals surface area contributed by atoms with Crippen LogP contribution in [0.3, 0.4) is 0 Å². The van der Waals surface area contributed by atoms with E-state index in [1.54, 1.807) is 26.2 Å². The van der Waals surface area contributed by atoms with Crippen LogP contribution in [0.2, 0.25) is 0 Å². The molecule has 0 radical (unpaired) electrons. The van der Waals surface area contributed by atoms with Crippen molar-refractivity contribution in [3.8, 4) is 11.5 Å². The minimum atomic E-state index is -0.444. The number of amides is 1. The van der Waals surface area contributed by atoms with E-state index in [-0.39, 0.29) is 25.2 Å². The summed E-state index contributed by atoms with van der Waals surface area (Å²) in [6.45, 7) is 1.83. The maximum Gasteiger partial charge on any atom is 0.344 e. The van der Waals surface area contributed by atoms with E-state index in [0.717, 1.165) is 22.6 Å². The summed E-state index contributed by atoms with van der Waals surface area (Å²) in [5.74, 6) is 0.642. The molecule has 0 bridgehead atoms. The van der Waals surface area contributed by atoms with E-state index in [1.807, 2.05) is 53.9 Å². The number of methoxy groups -OCH3 is 1. The normalized spacial score (nSPS) is 15.2. The van der Waals surface area contributed by atoms with Crippen LogP contribution in [-0.2, 0) is 9.53 Å². The SMILES string of the molecule is CCOC(=O)COc1ccccc1C1CC(c2ccc(OC)cc2)=NN1C(=O)c1cccs1. The summed E-state index contributed by atoms with van der Waals surface area (Å²) in [5.41, 5.74) is 2.47. The summed E-state index contributed by atoms with van der Waals surface area (Å²) in [5, 5.41) is 8.09. The van der Waals surface area contributed by atoms with E-state index >= 15 is 0 Å². The van der Waals surface area contributed by atoms with Gasteiger partial charge < -0.3 is 14.2 Å². The van der Waals surface area contributed by atoms with Gasteiger partial charge in [0.15, 0.2) is 6.61 Å². The van der Waals surface area contributed by atoms with Gasteiger partial charge in [-0.1, -0.05) is 24.3 Å². The van der Waals surface area contributed by atoms with Crippen molar-refractivity contribution in [2.75, 3.05) is 20.3 Å². The molecule has 1 unspecified atom stereocenters. The third kappa shape index (κ3) is 5.06. The van der Waals surface area contributed by atoms with Gasteiger partial charge in [0, 0.05) is 12.0 Å². The molecule has 2 heterocycles. The maximum absolute atomic E-state index is 13.3. The van der Waals surface area contributed by atoms with Crippen LogP contribution < -0.4 is 9.47 Å². The molecule has 4 rings (SSSR count). The second-order valence-corrected chi connectivity index (χ2v) is 8.20. The standard InChI is InChI=1S/C25H24N2O5S/c1-3-31-24(28)16-32-22-8-5-4-7-19(22)21-15-20(17-10-12-18(30-2)13-11-17)26-27(21)25(29)23-9-6-14-33-23/h4-14,21H,3,15-16H2,1-2H3. The molecule has 0 saturated heterocycles. The lowest BCUT2D eigenvalue weighted by molar-refractivity contribution is -0.145. The maximum atomic E-state index is 13.3. The smallest absolute Gasteiger partial charge is 0.344 e. The van der Waals surface area contributed by atoms with Crippen LogP contribution in [0.5, 0.6) is 11.5 Å². The van der Waals surface area contributed by atoms with Crippen LogP contribution in [0.15, 0.2) is 71.1 Å². The number of rotatable bonds is 8. The number of thiophene rings is 1. The number of carbonyl (C=O) groups is 2. The zero-order valence-corrected chi connectivity index (χ0v) is 19.2. The fraction of sp³-hybridized carbons (Fsp3) is 0.240. The van der Waals surface area contributed by atoms with Crippen molar-refractivity contribution in [1.29, 1.82) is 0 Å². The first kappa shape index (κ1) is 22.5. The Morgan fingerprint density at radius 1 is 1.09 bits per heavy atom. The van der Waals surface area contributed by atoms with Crippen LogP contribution in [-0.4, -0.2) is 42.9 Å². The highest BCUT2D eigenvalue weighted by molar-refractivity contribution is 7.12. The Kier molecular flexibility index (Phi) is 7.04. The first-order chi connectivity index (χ1) is 16.1. The van der Waals surface area contributed by atoms with Crippen LogP contribution in [0.25, 0.3) is 0 Å². The highest BCUT2D eigenvalue weighted by atomic mass is 32.1. The minimum Gasteiger partial charge on any atom is -0.497 e. The van der Waals surface area contributed by atoms with E-state index in [9.17, 15) is 9.59 Å². The van der Waals surface area contributed by atoms with Crippen molar-refractivity contribution >= 4 is 28.9 Å². The van der Waals surface area contributed by atoms with Gasteiger partial charge >= 0.3 is 5.97 Å². The van der Waals surface area contributed by atoms with Gasteiger partial charge in [-0.15, -0.1) is 11.3 Å². The number of hydrogen-bond acceptors (Lipinski definition) is 7. The molecule has 1 amide bonds. The molecule has 0 saturated carbocycles. The minimum absolute atomic E-state index is 0.182. The Morgan fingerprint density at radius 2 is 1.88 bits per heavy atom. The molecule has 33 heavy (non-hydrogen) atoms. The topological polar surface area (TPSA) is 77.4 Å². The lowest BCUT2D eigenvalue weighted by Crippen LogP contribution is -2.27. The summed E-state index contributed by atoms with van der Waals surface area (Å²) >= 11 is 1.37. The Bertz CT molecular complexity index is 1140. The van der Waals surface area contributed by atoms with Gasteiger partial charge in [-0.2, -0.15) is 5.10 Å². The molecular formula is C25H24N2O5S. The van der Waals surface area contributed by atoms with Crippen LogP contribution in [0, 0.1) is 0 Å². The molecule has 1 aromatic heterocycles. The van der Waals surface area contributed by atoms with Crippen molar-refractivity contribution in [2.24, 2.45) is 5.10 Å². The zero-order valence-electron chi connectivity index (χ0n) is 18.4. The van der Waals surface area contributed by atoms with Crippen molar-refractivity contribution < 1.29 is 23.8 Å². The molecule has 0 fully saturated rings. The van der Waals surface area contributed by atoms with E-state index < -0.39 is 5.97 Å². The molecule has 0 N–H and O–H groups in total. The Labute approximate surface area is 196 Å². The van der Waals surface area contributed by atoms with Crippen molar-refractivity contribution in [2.45, 2.75) is 19.4 Å². The van der Waals surface area contributed by atoms with Crippen molar-refractivity contribution in [3.63, 3.8) is 0 Å². The largest absolute Gasteiger partial charge is 0.497 e. The number of benzene rings is 2. The van der Waals surface area contributed by atoms with Crippen LogP contribution in [0.4, 0.5) is 0 Å². The molecular weight excluding hydrogens is 440 g/mol. The lowest BCUT2D eigenvalue weighted by atomic mass is 9.97. The molecule has 3 aromatic rings. The second kappa shape index (κ2) is 10.3. The number of ether oxygens (including phenoxy) is 3. The summed E-state index contributed by atoms with van der Waals surface area (Å²) in [4.78, 5) is 25.8. The fourth-order valence-electron chi connectivity index (χ4n) is 3.64. The number of esters is 1. The van der Waals surface area contributed by atoms with Gasteiger partial charge in [0.25, 0.3) is 5.91 Å². The molecule has 0 aliphatic carbocycles. The average Bonchev–Trinajstić information content (AvgIpc) is 3.54. The van der Waals surface area contributed by atoms with Crippen molar-refractivity contribution in [3.05, 3.63) is 82.0 Å². The predicted molar refractivity (Wildman–Crippen MR) is 126 cm³/mol. The number of hydrazone groups is 1. The molecule has 7 nitrogen and oxygen atoms in total. The predicted octanol–water partition coefficient (Wildman–Crippen LogP) is 4.69. The first-order valence-corrected chi connectivity index (χ1v) is 11.4. The van der Waals surface area contributed by atoms with Gasteiger partial charge in [0.1, 0.15) is 11.5 Å². The zero-order chi connectivity index (χ0) is 23.2. The van der Waals surface area contributed by atoms with E-state index in [0.29, 0.717) is 17.0 Å². The third-order valence-electron chi connectivity index (χ3n) is 5.20. The van der Waals surface area contributed by atoms with Gasteiger partial charge in [-0.25, -0.2) is 9.80 Å². The number of carbonyl (C=O) groups excluding carboxylic acids is 2. The average molecular weight is 465 g/mol. The molecule has 2 aromatic carbocycles. The molecule has 1 aliphatic rings. The van der Waals surface area contributed by atoms with E-state index in [2.05, 4.69) is 0 Å². The van der Waals surface area contributed by atoms with Crippen molar-refractivity contribution in [1.82, 2.24) is 5.01 Å². The summed E-state index contributed by atoms with van der Waals surface area (Å²) < 4.78 is 16.0. The summed E-state index contributed by atoms with van der Waals surface area (Å²) in [6.07, 6.45) is 0.503. The van der Waals surface area contributed by atoms with E-state index in [4.69, 9.17) is 19.3 Å². The fourth-order valence-corrected chi connectivity index (χ4v) is 4.29. The van der Waals surface area contributed by atoms with E-state index in [1.165, 1.54) is 16.3 Å². The van der Waals surface area contributed by atoms with Gasteiger partial charge in [-0.3, -0.25) is 4.79 Å². The Hall–Kier alpha value is -3.65. The molecule has 1 aliphatic heterocycles. The van der Waals surface area contributed by atoms with Gasteiger partial charge in [-0.05, 0) is 54.3 Å². The van der Waals surface area contributed by atoms with Crippen LogP contribution in [0.1, 0.15) is 40.2 Å². The number of hydrogen-bond donors (Lipinski definition) is 0. The lowest BCUT2D eigenvalue weighted by Gasteiger charge is -2.23. The summed E-state index contributed by atoms with van der Waals surface area (Å²) in [7, 11) is 1.62. The van der Waals surface area contributed by atoms with Gasteiger partial charge in [0.2, 0.25) is 0 Å². The quantitative estimate of drug-likeness (QED) is 0.452. The molecule has 170 valence electrons. The highest BCUT2D eigenvalue weighted by Crippen LogP contribution is 2.38. The second-order valence-electron chi connectivity index (χ2n) is 7.25. The highest BCUT2D eigenvalue weighted by Gasteiger charge is 2.35. The molecule has 8 heteroatoms. The Balaban J connectivity index is 1.66. The Morgan fingerprint density at radius 3 is 2.58 bits per heavy atom. The number of para-hydroxylation sites is 1. The summed E-state index contributed by atoms with van der Waals surface area (Å²) in [6, 6.07) is 18.2. The van der Waals surface area contributed by atoms with Gasteiger partial charge in [0.05, 0.1) is 30.3 Å². The monoisotopic (exact) mass is 464 g/mol. The molecule has 0 spiro atoms. The molecule has 1 atom stereocenters.